The Kier molecular flexibility index (Phi) is 3.92. The summed E-state index contributed by atoms with van der Waals surface area (Å²) in [5.41, 5.74) is 0.762. The molecule has 21 heavy (non-hydrogen) atoms. The van der Waals surface area contributed by atoms with Gasteiger partial charge in [0.05, 0.1) is 5.69 Å². The Morgan fingerprint density at radius 2 is 2.48 bits per heavy atom. The second-order valence-corrected chi connectivity index (χ2v) is 6.33. The van der Waals surface area contributed by atoms with Gasteiger partial charge in [-0.3, -0.25) is 4.79 Å². The Labute approximate surface area is 126 Å². The molecule has 0 bridgehead atoms. The summed E-state index contributed by atoms with van der Waals surface area (Å²) in [4.78, 5) is 21.2. The van der Waals surface area contributed by atoms with Gasteiger partial charge in [-0.1, -0.05) is 0 Å². The number of rotatable bonds is 5. The smallest absolute Gasteiger partial charge is 0.312 e. The number of carbonyl (C=O) groups is 1. The number of hydrogen-bond acceptors (Lipinski definition) is 5. The van der Waals surface area contributed by atoms with E-state index in [1.54, 1.807) is 17.5 Å². The van der Waals surface area contributed by atoms with E-state index in [0.29, 0.717) is 6.42 Å². The summed E-state index contributed by atoms with van der Waals surface area (Å²) in [6.45, 7) is 0.745. The molecule has 3 rings (SSSR count). The van der Waals surface area contributed by atoms with E-state index < -0.39 is 11.9 Å². The first kappa shape index (κ1) is 14.1. The van der Waals surface area contributed by atoms with Crippen LogP contribution in [0.3, 0.4) is 0 Å². The average Bonchev–Trinajstić information content (AvgIpc) is 3.04. The van der Waals surface area contributed by atoms with Gasteiger partial charge in [0.15, 0.2) is 5.13 Å². The van der Waals surface area contributed by atoms with Gasteiger partial charge in [-0.25, -0.2) is 9.97 Å². The third-order valence-corrected chi connectivity index (χ3v) is 4.89. The van der Waals surface area contributed by atoms with Gasteiger partial charge < -0.3 is 15.0 Å². The summed E-state index contributed by atoms with van der Waals surface area (Å²) in [6.07, 6.45) is 7.09. The Hall–Kier alpha value is -1.89. The number of carboxylic acid groups (broad SMARTS) is 1. The molecule has 7 heteroatoms. The van der Waals surface area contributed by atoms with E-state index in [2.05, 4.69) is 15.3 Å². The van der Waals surface area contributed by atoms with E-state index in [-0.39, 0.29) is 0 Å². The largest absolute Gasteiger partial charge is 0.481 e. The molecular formula is C14H18N4O2S. The van der Waals surface area contributed by atoms with Crippen molar-refractivity contribution in [3.63, 3.8) is 0 Å². The predicted octanol–water partition coefficient (Wildman–Crippen LogP) is 2.04. The monoisotopic (exact) mass is 306 g/mol. The molecule has 0 spiro atoms. The molecule has 1 unspecified atom stereocenters. The minimum Gasteiger partial charge on any atom is -0.481 e. The van der Waals surface area contributed by atoms with Crippen molar-refractivity contribution in [2.24, 2.45) is 7.05 Å². The van der Waals surface area contributed by atoms with Gasteiger partial charge in [-0.15, -0.1) is 11.3 Å². The van der Waals surface area contributed by atoms with Gasteiger partial charge in [-0.05, 0) is 19.3 Å². The van der Waals surface area contributed by atoms with Crippen LogP contribution < -0.4 is 5.32 Å². The van der Waals surface area contributed by atoms with Crippen LogP contribution in [0.2, 0.25) is 0 Å². The van der Waals surface area contributed by atoms with Crippen molar-refractivity contribution in [2.45, 2.75) is 31.6 Å². The van der Waals surface area contributed by atoms with Crippen molar-refractivity contribution < 1.29 is 9.90 Å². The number of aliphatic carboxylic acids is 1. The molecule has 112 valence electrons. The number of nitrogens with one attached hydrogen (secondary N) is 1. The average molecular weight is 306 g/mol. The van der Waals surface area contributed by atoms with Crippen LogP contribution in [0.25, 0.3) is 0 Å². The second-order valence-electron chi connectivity index (χ2n) is 5.24. The fourth-order valence-corrected chi connectivity index (χ4v) is 3.74. The van der Waals surface area contributed by atoms with Gasteiger partial charge in [0.2, 0.25) is 0 Å². The van der Waals surface area contributed by atoms with Gasteiger partial charge in [0.25, 0.3) is 0 Å². The highest BCUT2D eigenvalue weighted by Crippen LogP contribution is 2.36. The Bertz CT molecular complexity index is 649. The first-order valence-electron chi connectivity index (χ1n) is 7.07. The van der Waals surface area contributed by atoms with Crippen molar-refractivity contribution in [2.75, 3.05) is 11.9 Å². The molecule has 1 aliphatic rings. The van der Waals surface area contributed by atoms with Crippen LogP contribution >= 0.6 is 11.3 Å². The molecule has 0 amide bonds. The van der Waals surface area contributed by atoms with Crippen LogP contribution in [-0.4, -0.2) is 32.2 Å². The highest BCUT2D eigenvalue weighted by Gasteiger charge is 2.29. The minimum atomic E-state index is -0.763. The summed E-state index contributed by atoms with van der Waals surface area (Å²) in [5.74, 6) is -0.178. The zero-order valence-electron chi connectivity index (χ0n) is 11.9. The molecule has 6 nitrogen and oxygen atoms in total. The van der Waals surface area contributed by atoms with Crippen molar-refractivity contribution in [1.29, 1.82) is 0 Å². The Morgan fingerprint density at radius 3 is 3.19 bits per heavy atom. The normalized spacial score (nSPS) is 17.5. The summed E-state index contributed by atoms with van der Waals surface area (Å²) >= 11 is 1.59. The molecule has 2 aromatic rings. The molecule has 1 atom stereocenters. The third kappa shape index (κ3) is 2.92. The topological polar surface area (TPSA) is 80.0 Å². The lowest BCUT2D eigenvalue weighted by Crippen LogP contribution is -2.17. The summed E-state index contributed by atoms with van der Waals surface area (Å²) in [6, 6.07) is 0. The number of anilines is 1. The fraction of sp³-hybridized carbons (Fsp3) is 0.500. The third-order valence-electron chi connectivity index (χ3n) is 3.80. The number of aromatic nitrogens is 3. The number of hydrogen-bond donors (Lipinski definition) is 2. The molecule has 0 fully saturated rings. The van der Waals surface area contributed by atoms with Crippen molar-refractivity contribution >= 4 is 22.4 Å². The number of aryl methyl sites for hydroxylation is 2. The summed E-state index contributed by atoms with van der Waals surface area (Å²) in [5, 5.41) is 13.4. The van der Waals surface area contributed by atoms with Gasteiger partial charge in [0, 0.05) is 37.3 Å². The quantitative estimate of drug-likeness (QED) is 0.883. The van der Waals surface area contributed by atoms with E-state index in [1.165, 1.54) is 0 Å². The minimum absolute atomic E-state index is 0.435. The van der Waals surface area contributed by atoms with E-state index in [0.717, 1.165) is 47.3 Å². The molecule has 0 aromatic carbocycles. The maximum absolute atomic E-state index is 11.3. The van der Waals surface area contributed by atoms with Crippen LogP contribution in [0.15, 0.2) is 12.4 Å². The second kappa shape index (κ2) is 5.85. The van der Waals surface area contributed by atoms with Crippen LogP contribution in [0.4, 0.5) is 5.13 Å². The number of fused-ring (bicyclic) bond motifs is 1. The molecule has 0 saturated carbocycles. The first-order chi connectivity index (χ1) is 10.1. The van der Waals surface area contributed by atoms with E-state index in [9.17, 15) is 9.90 Å². The number of imidazole rings is 1. The van der Waals surface area contributed by atoms with Gasteiger partial charge in [0.1, 0.15) is 11.7 Å². The van der Waals surface area contributed by atoms with Crippen LogP contribution in [0.5, 0.6) is 0 Å². The maximum atomic E-state index is 11.3. The van der Waals surface area contributed by atoms with E-state index in [4.69, 9.17) is 0 Å². The number of thiazole rings is 1. The van der Waals surface area contributed by atoms with Gasteiger partial charge in [-0.2, -0.15) is 0 Å². The summed E-state index contributed by atoms with van der Waals surface area (Å²) < 4.78 is 2.00. The van der Waals surface area contributed by atoms with E-state index in [1.807, 2.05) is 17.8 Å². The summed E-state index contributed by atoms with van der Waals surface area (Å²) in [7, 11) is 1.97. The van der Waals surface area contributed by atoms with E-state index >= 15 is 0 Å². The molecule has 2 heterocycles. The fourth-order valence-electron chi connectivity index (χ4n) is 2.65. The van der Waals surface area contributed by atoms with Crippen LogP contribution in [0, 0.1) is 0 Å². The van der Waals surface area contributed by atoms with Crippen molar-refractivity contribution in [3.8, 4) is 0 Å². The molecular weight excluding hydrogens is 288 g/mol. The highest BCUT2D eigenvalue weighted by molar-refractivity contribution is 7.15. The molecule has 2 aromatic heterocycles. The Balaban J connectivity index is 1.65. The van der Waals surface area contributed by atoms with Crippen LogP contribution in [0.1, 0.15) is 35.2 Å². The Morgan fingerprint density at radius 1 is 1.62 bits per heavy atom. The maximum Gasteiger partial charge on any atom is 0.312 e. The highest BCUT2D eigenvalue weighted by atomic mass is 32.1. The molecule has 0 radical (unpaired) electrons. The van der Waals surface area contributed by atoms with Crippen molar-refractivity contribution in [1.82, 2.24) is 14.5 Å². The zero-order valence-corrected chi connectivity index (χ0v) is 12.7. The molecule has 0 aliphatic heterocycles. The molecule has 0 saturated heterocycles. The standard InChI is InChI=1S/C14H18N4O2S/c1-18-8-7-15-11(18)5-6-16-14-17-12-9(13(19)20)3-2-4-10(12)21-14/h7-9H,2-6H2,1H3,(H,16,17)(H,19,20). The number of nitrogens with zero attached hydrogens (tertiary/aromatic N) is 3. The van der Waals surface area contributed by atoms with Crippen molar-refractivity contribution in [3.05, 3.63) is 28.8 Å². The lowest BCUT2D eigenvalue weighted by atomic mass is 9.91. The predicted molar refractivity (Wildman–Crippen MR) is 80.8 cm³/mol. The van der Waals surface area contributed by atoms with Crippen LogP contribution in [-0.2, 0) is 24.7 Å². The SMILES string of the molecule is Cn1ccnc1CCNc1nc2c(s1)CCCC2C(=O)O. The zero-order chi connectivity index (χ0) is 14.8. The molecule has 1 aliphatic carbocycles. The molecule has 2 N–H and O–H groups in total. The van der Waals surface area contributed by atoms with Gasteiger partial charge >= 0.3 is 5.97 Å². The first-order valence-corrected chi connectivity index (χ1v) is 7.89. The lowest BCUT2D eigenvalue weighted by Gasteiger charge is -2.16. The number of carboxylic acids is 1. The lowest BCUT2D eigenvalue weighted by molar-refractivity contribution is -0.139.